The molecule has 2 N–H and O–H groups in total. The van der Waals surface area contributed by atoms with Crippen LogP contribution in [0, 0.1) is 0 Å². The van der Waals surface area contributed by atoms with Crippen molar-refractivity contribution < 1.29 is 9.15 Å². The van der Waals surface area contributed by atoms with Crippen molar-refractivity contribution in [1.82, 2.24) is 25.1 Å². The van der Waals surface area contributed by atoms with E-state index < -0.39 is 0 Å². The molecule has 4 aromatic rings. The van der Waals surface area contributed by atoms with Gasteiger partial charge in [-0.15, -0.1) is 20.4 Å². The summed E-state index contributed by atoms with van der Waals surface area (Å²) in [6.45, 7) is 4.52. The average molecular weight is 457 g/mol. The number of nitrogens with two attached hydrogens (primary N) is 1. The van der Waals surface area contributed by atoms with Crippen molar-refractivity contribution in [2.24, 2.45) is 0 Å². The minimum absolute atomic E-state index is 0.215. The summed E-state index contributed by atoms with van der Waals surface area (Å²) in [5.41, 5.74) is 2.06. The standard InChI is InChI=1S/C21H21ClN6O2S/c1-13(2)14-5-9-17(10-6-14)29-11-18-24-27-21(28(18)23)31-12-19-25-26-20(30-19)15-3-7-16(22)8-4-15/h3-10,13H,11-12,23H2,1-2H3. The highest BCUT2D eigenvalue weighted by atomic mass is 35.5. The second-order valence-electron chi connectivity index (χ2n) is 7.08. The zero-order valence-electron chi connectivity index (χ0n) is 17.0. The fourth-order valence-corrected chi connectivity index (χ4v) is 3.59. The third-order valence-electron chi connectivity index (χ3n) is 4.53. The summed E-state index contributed by atoms with van der Waals surface area (Å²) in [5.74, 6) is 9.16. The maximum absolute atomic E-state index is 6.12. The average Bonchev–Trinajstić information content (AvgIpc) is 3.38. The van der Waals surface area contributed by atoms with Crippen LogP contribution in [0.5, 0.6) is 5.75 Å². The smallest absolute Gasteiger partial charge is 0.247 e. The molecule has 0 aliphatic carbocycles. The Kier molecular flexibility index (Phi) is 6.43. The highest BCUT2D eigenvalue weighted by Crippen LogP contribution is 2.24. The largest absolute Gasteiger partial charge is 0.486 e. The molecular formula is C21H21ClN6O2S. The Labute approximate surface area is 188 Å². The molecule has 0 atom stereocenters. The molecule has 2 aromatic carbocycles. The minimum atomic E-state index is 0.215. The lowest BCUT2D eigenvalue weighted by atomic mass is 10.0. The molecule has 4 rings (SSSR count). The molecule has 0 aliphatic heterocycles. The lowest BCUT2D eigenvalue weighted by Gasteiger charge is -2.08. The highest BCUT2D eigenvalue weighted by Gasteiger charge is 2.14. The molecule has 0 aliphatic rings. The quantitative estimate of drug-likeness (QED) is 0.300. The van der Waals surface area contributed by atoms with E-state index in [2.05, 4.69) is 46.4 Å². The van der Waals surface area contributed by atoms with Gasteiger partial charge in [-0.3, -0.25) is 0 Å². The third-order valence-corrected chi connectivity index (χ3v) is 5.71. The zero-order chi connectivity index (χ0) is 21.8. The number of rotatable bonds is 8. The molecule has 10 heteroatoms. The Morgan fingerprint density at radius 1 is 1.03 bits per heavy atom. The minimum Gasteiger partial charge on any atom is -0.486 e. The molecule has 0 spiro atoms. The van der Waals surface area contributed by atoms with Crippen LogP contribution in [0.4, 0.5) is 0 Å². The predicted molar refractivity (Wildman–Crippen MR) is 119 cm³/mol. The van der Waals surface area contributed by atoms with Crippen molar-refractivity contribution in [1.29, 1.82) is 0 Å². The maximum Gasteiger partial charge on any atom is 0.247 e. The topological polar surface area (TPSA) is 105 Å². The van der Waals surface area contributed by atoms with Gasteiger partial charge in [0.1, 0.15) is 12.4 Å². The highest BCUT2D eigenvalue weighted by molar-refractivity contribution is 7.98. The molecule has 0 radical (unpaired) electrons. The normalized spacial score (nSPS) is 11.2. The van der Waals surface area contributed by atoms with Crippen LogP contribution in [-0.2, 0) is 12.4 Å². The van der Waals surface area contributed by atoms with E-state index in [9.17, 15) is 0 Å². The van der Waals surface area contributed by atoms with Gasteiger partial charge in [0.25, 0.3) is 0 Å². The van der Waals surface area contributed by atoms with E-state index in [1.165, 1.54) is 22.0 Å². The van der Waals surface area contributed by atoms with Crippen LogP contribution in [0.15, 0.2) is 58.1 Å². The molecule has 2 aromatic heterocycles. The SMILES string of the molecule is CC(C)c1ccc(OCc2nnc(SCc3nnc(-c4ccc(Cl)cc4)o3)n2N)cc1. The summed E-state index contributed by atoms with van der Waals surface area (Å²) in [7, 11) is 0. The van der Waals surface area contributed by atoms with Gasteiger partial charge in [0.15, 0.2) is 5.82 Å². The Morgan fingerprint density at radius 3 is 2.48 bits per heavy atom. The molecule has 0 unspecified atom stereocenters. The maximum atomic E-state index is 6.12. The summed E-state index contributed by atoms with van der Waals surface area (Å²) >= 11 is 7.26. The number of nitrogen functional groups attached to an aromatic ring is 1. The monoisotopic (exact) mass is 456 g/mol. The molecule has 0 saturated carbocycles. The second kappa shape index (κ2) is 9.40. The number of ether oxygens (including phenoxy) is 1. The third kappa shape index (κ3) is 5.18. The summed E-state index contributed by atoms with van der Waals surface area (Å²) in [4.78, 5) is 0. The molecular weight excluding hydrogens is 436 g/mol. The van der Waals surface area contributed by atoms with E-state index in [0.717, 1.165) is 11.3 Å². The van der Waals surface area contributed by atoms with E-state index in [1.54, 1.807) is 12.1 Å². The van der Waals surface area contributed by atoms with Crippen LogP contribution in [0.2, 0.25) is 5.02 Å². The molecule has 160 valence electrons. The van der Waals surface area contributed by atoms with Gasteiger partial charge in [-0.2, -0.15) is 0 Å². The van der Waals surface area contributed by atoms with E-state index in [0.29, 0.717) is 39.5 Å². The molecule has 8 nitrogen and oxygen atoms in total. The van der Waals surface area contributed by atoms with Crippen molar-refractivity contribution >= 4 is 23.4 Å². The number of hydrogen-bond acceptors (Lipinski definition) is 8. The molecule has 31 heavy (non-hydrogen) atoms. The Balaban J connectivity index is 1.34. The first-order valence-electron chi connectivity index (χ1n) is 9.63. The van der Waals surface area contributed by atoms with Gasteiger partial charge in [-0.25, -0.2) is 4.68 Å². The zero-order valence-corrected chi connectivity index (χ0v) is 18.6. The lowest BCUT2D eigenvalue weighted by Crippen LogP contribution is -2.15. The molecule has 0 amide bonds. The predicted octanol–water partition coefficient (Wildman–Crippen LogP) is 4.69. The number of benzene rings is 2. The van der Waals surface area contributed by atoms with Crippen LogP contribution in [0.25, 0.3) is 11.5 Å². The number of aromatic nitrogens is 5. The number of thioether (sulfide) groups is 1. The van der Waals surface area contributed by atoms with E-state index >= 15 is 0 Å². The van der Waals surface area contributed by atoms with Gasteiger partial charge >= 0.3 is 0 Å². The molecule has 0 fully saturated rings. The number of halogens is 1. The molecule has 2 heterocycles. The van der Waals surface area contributed by atoms with Crippen LogP contribution >= 0.6 is 23.4 Å². The van der Waals surface area contributed by atoms with Gasteiger partial charge in [-0.05, 0) is 47.9 Å². The van der Waals surface area contributed by atoms with Crippen molar-refractivity contribution in [2.75, 3.05) is 5.84 Å². The first kappa shape index (κ1) is 21.2. The number of nitrogens with zero attached hydrogens (tertiary/aromatic N) is 5. The summed E-state index contributed by atoms with van der Waals surface area (Å²) in [5, 5.41) is 17.5. The molecule has 0 saturated heterocycles. The summed E-state index contributed by atoms with van der Waals surface area (Å²) in [6.07, 6.45) is 0. The van der Waals surface area contributed by atoms with E-state index in [-0.39, 0.29) is 6.61 Å². The van der Waals surface area contributed by atoms with Crippen LogP contribution in [-0.4, -0.2) is 25.1 Å². The number of hydrogen-bond donors (Lipinski definition) is 1. The van der Waals surface area contributed by atoms with Crippen LogP contribution < -0.4 is 10.6 Å². The van der Waals surface area contributed by atoms with Crippen molar-refractivity contribution in [3.05, 3.63) is 70.8 Å². The Bertz CT molecular complexity index is 1140. The Morgan fingerprint density at radius 2 is 1.77 bits per heavy atom. The second-order valence-corrected chi connectivity index (χ2v) is 8.46. The van der Waals surface area contributed by atoms with Gasteiger partial charge in [0.05, 0.1) is 5.75 Å². The van der Waals surface area contributed by atoms with Gasteiger partial charge in [-0.1, -0.05) is 49.3 Å². The fourth-order valence-electron chi connectivity index (χ4n) is 2.75. The van der Waals surface area contributed by atoms with Gasteiger partial charge < -0.3 is 15.0 Å². The van der Waals surface area contributed by atoms with Crippen molar-refractivity contribution in [3.8, 4) is 17.2 Å². The van der Waals surface area contributed by atoms with Crippen LogP contribution in [0.1, 0.15) is 37.0 Å². The fraction of sp³-hybridized carbons (Fsp3) is 0.238. The summed E-state index contributed by atoms with van der Waals surface area (Å²) < 4.78 is 12.9. The van der Waals surface area contributed by atoms with Crippen molar-refractivity contribution in [2.45, 2.75) is 37.3 Å². The van der Waals surface area contributed by atoms with Crippen LogP contribution in [0.3, 0.4) is 0 Å². The van der Waals surface area contributed by atoms with E-state index in [4.69, 9.17) is 26.6 Å². The first-order valence-corrected chi connectivity index (χ1v) is 11.0. The summed E-state index contributed by atoms with van der Waals surface area (Å²) in [6, 6.07) is 15.2. The van der Waals surface area contributed by atoms with Gasteiger partial charge in [0.2, 0.25) is 16.9 Å². The first-order chi connectivity index (χ1) is 15.0. The van der Waals surface area contributed by atoms with Crippen molar-refractivity contribution in [3.63, 3.8) is 0 Å². The van der Waals surface area contributed by atoms with Gasteiger partial charge in [0, 0.05) is 10.6 Å². The Hall–Kier alpha value is -3.04. The van der Waals surface area contributed by atoms with E-state index in [1.807, 2.05) is 24.3 Å². The molecule has 0 bridgehead atoms. The lowest BCUT2D eigenvalue weighted by molar-refractivity contribution is 0.291.